The average molecular weight is 329 g/mol. The van der Waals surface area contributed by atoms with Crippen molar-refractivity contribution in [3.8, 4) is 11.4 Å². The summed E-state index contributed by atoms with van der Waals surface area (Å²) in [5, 5.41) is 11.0. The van der Waals surface area contributed by atoms with Crippen LogP contribution < -0.4 is 4.74 Å². The molecule has 0 aliphatic carbocycles. The molecule has 128 valence electrons. The van der Waals surface area contributed by atoms with Gasteiger partial charge in [0.2, 0.25) is 0 Å². The van der Waals surface area contributed by atoms with E-state index in [0.29, 0.717) is 17.6 Å². The maximum Gasteiger partial charge on any atom is 0.263 e. The van der Waals surface area contributed by atoms with Gasteiger partial charge in [-0.15, -0.1) is 5.10 Å². The summed E-state index contributed by atoms with van der Waals surface area (Å²) < 4.78 is 7.38. The number of likely N-dealkylation sites (tertiary alicyclic amines) is 1. The van der Waals surface area contributed by atoms with Gasteiger partial charge in [0, 0.05) is 13.1 Å². The van der Waals surface area contributed by atoms with Crippen LogP contribution in [0.25, 0.3) is 5.69 Å². The van der Waals surface area contributed by atoms with Crippen molar-refractivity contribution < 1.29 is 9.53 Å². The standard InChI is InChI=1S/C17H23N5O2/c1-12-8-13(2)10-21(9-12)17(23)14(3)24-16-6-4-15(5-7-16)22-11-18-19-20-22/h4-7,11-14H,8-10H2,1-3H3. The van der Waals surface area contributed by atoms with Crippen molar-refractivity contribution in [3.63, 3.8) is 0 Å². The molecule has 1 aliphatic heterocycles. The molecule has 3 unspecified atom stereocenters. The van der Waals surface area contributed by atoms with Crippen molar-refractivity contribution in [2.75, 3.05) is 13.1 Å². The van der Waals surface area contributed by atoms with Crippen molar-refractivity contribution in [2.45, 2.75) is 33.3 Å². The fourth-order valence-electron chi connectivity index (χ4n) is 3.31. The first-order valence-electron chi connectivity index (χ1n) is 8.32. The van der Waals surface area contributed by atoms with Gasteiger partial charge < -0.3 is 9.64 Å². The van der Waals surface area contributed by atoms with Crippen LogP contribution in [0, 0.1) is 11.8 Å². The SMILES string of the molecule is CC1CC(C)CN(C(=O)C(C)Oc2ccc(-n3cnnn3)cc2)C1. The summed E-state index contributed by atoms with van der Waals surface area (Å²) in [6, 6.07) is 7.35. The van der Waals surface area contributed by atoms with Crippen LogP contribution in [-0.2, 0) is 4.79 Å². The topological polar surface area (TPSA) is 73.1 Å². The second-order valence-electron chi connectivity index (χ2n) is 6.70. The number of carbonyl (C=O) groups is 1. The van der Waals surface area contributed by atoms with Crippen LogP contribution in [0.4, 0.5) is 0 Å². The maximum absolute atomic E-state index is 12.6. The maximum atomic E-state index is 12.6. The van der Waals surface area contributed by atoms with E-state index in [1.54, 1.807) is 4.68 Å². The van der Waals surface area contributed by atoms with Gasteiger partial charge in [-0.05, 0) is 59.9 Å². The lowest BCUT2D eigenvalue weighted by Gasteiger charge is -2.36. The third-order valence-corrected chi connectivity index (χ3v) is 4.29. The number of hydrogen-bond acceptors (Lipinski definition) is 5. The molecule has 24 heavy (non-hydrogen) atoms. The molecule has 7 heteroatoms. The monoisotopic (exact) mass is 329 g/mol. The minimum Gasteiger partial charge on any atom is -0.481 e. The largest absolute Gasteiger partial charge is 0.481 e. The van der Waals surface area contributed by atoms with Crippen molar-refractivity contribution in [1.82, 2.24) is 25.1 Å². The predicted molar refractivity (Wildman–Crippen MR) is 88.8 cm³/mol. The van der Waals surface area contributed by atoms with Gasteiger partial charge in [0.05, 0.1) is 5.69 Å². The fourth-order valence-corrected chi connectivity index (χ4v) is 3.31. The molecule has 7 nitrogen and oxygen atoms in total. The molecule has 3 atom stereocenters. The lowest BCUT2D eigenvalue weighted by Crippen LogP contribution is -2.47. The first-order valence-corrected chi connectivity index (χ1v) is 8.32. The number of aromatic nitrogens is 4. The molecule has 1 aromatic heterocycles. The number of hydrogen-bond donors (Lipinski definition) is 0. The van der Waals surface area contributed by atoms with E-state index in [1.807, 2.05) is 36.1 Å². The highest BCUT2D eigenvalue weighted by Crippen LogP contribution is 2.22. The van der Waals surface area contributed by atoms with Crippen LogP contribution in [0.1, 0.15) is 27.2 Å². The van der Waals surface area contributed by atoms with E-state index < -0.39 is 6.10 Å². The molecule has 1 aliphatic rings. The van der Waals surface area contributed by atoms with E-state index in [1.165, 1.54) is 12.7 Å². The van der Waals surface area contributed by atoms with E-state index in [-0.39, 0.29) is 5.91 Å². The number of carbonyl (C=O) groups excluding carboxylic acids is 1. The van der Waals surface area contributed by atoms with Crippen LogP contribution in [0.2, 0.25) is 0 Å². The van der Waals surface area contributed by atoms with E-state index in [9.17, 15) is 4.79 Å². The minimum atomic E-state index is -0.499. The summed E-state index contributed by atoms with van der Waals surface area (Å²) in [5.41, 5.74) is 0.838. The normalized spacial score (nSPS) is 22.2. The quantitative estimate of drug-likeness (QED) is 0.857. The Morgan fingerprint density at radius 2 is 1.88 bits per heavy atom. The van der Waals surface area contributed by atoms with Crippen LogP contribution in [0.5, 0.6) is 5.75 Å². The zero-order chi connectivity index (χ0) is 17.1. The van der Waals surface area contributed by atoms with E-state index >= 15 is 0 Å². The Balaban J connectivity index is 1.61. The third kappa shape index (κ3) is 3.72. The number of amides is 1. The summed E-state index contributed by atoms with van der Waals surface area (Å²) in [4.78, 5) is 14.5. The molecular weight excluding hydrogens is 306 g/mol. The molecule has 1 aromatic carbocycles. The smallest absolute Gasteiger partial charge is 0.263 e. The number of nitrogens with zero attached hydrogens (tertiary/aromatic N) is 5. The van der Waals surface area contributed by atoms with E-state index in [2.05, 4.69) is 29.4 Å². The average Bonchev–Trinajstić information content (AvgIpc) is 3.08. The molecule has 3 rings (SSSR count). The molecule has 2 aromatic rings. The van der Waals surface area contributed by atoms with E-state index in [0.717, 1.165) is 18.8 Å². The first kappa shape index (κ1) is 16.4. The van der Waals surface area contributed by atoms with Gasteiger partial charge in [-0.2, -0.15) is 0 Å². The Hall–Kier alpha value is -2.44. The van der Waals surface area contributed by atoms with Gasteiger partial charge in [-0.3, -0.25) is 4.79 Å². The number of rotatable bonds is 4. The second-order valence-corrected chi connectivity index (χ2v) is 6.70. The highest BCUT2D eigenvalue weighted by Gasteiger charge is 2.29. The van der Waals surface area contributed by atoms with Gasteiger partial charge >= 0.3 is 0 Å². The Labute approximate surface area is 141 Å². The Morgan fingerprint density at radius 1 is 1.21 bits per heavy atom. The Kier molecular flexibility index (Phi) is 4.78. The van der Waals surface area contributed by atoms with Gasteiger partial charge in [-0.25, -0.2) is 4.68 Å². The molecule has 2 heterocycles. The molecule has 0 spiro atoms. The van der Waals surface area contributed by atoms with Gasteiger partial charge in [-0.1, -0.05) is 13.8 Å². The molecule has 1 fully saturated rings. The molecule has 0 N–H and O–H groups in total. The lowest BCUT2D eigenvalue weighted by molar-refractivity contribution is -0.140. The number of ether oxygens (including phenoxy) is 1. The van der Waals surface area contributed by atoms with Crippen molar-refractivity contribution in [2.24, 2.45) is 11.8 Å². The molecule has 1 amide bonds. The van der Waals surface area contributed by atoms with E-state index in [4.69, 9.17) is 4.74 Å². The van der Waals surface area contributed by atoms with Crippen molar-refractivity contribution >= 4 is 5.91 Å². The summed E-state index contributed by atoms with van der Waals surface area (Å²) >= 11 is 0. The van der Waals surface area contributed by atoms with Crippen LogP contribution in [-0.4, -0.2) is 50.2 Å². The summed E-state index contributed by atoms with van der Waals surface area (Å²) in [6.07, 6.45) is 2.21. The minimum absolute atomic E-state index is 0.0537. The molecule has 0 saturated carbocycles. The molecule has 1 saturated heterocycles. The first-order chi connectivity index (χ1) is 11.5. The van der Waals surface area contributed by atoms with Crippen molar-refractivity contribution in [3.05, 3.63) is 30.6 Å². The molecular formula is C17H23N5O2. The van der Waals surface area contributed by atoms with Gasteiger partial charge in [0.25, 0.3) is 5.91 Å². The Morgan fingerprint density at radius 3 is 2.46 bits per heavy atom. The highest BCUT2D eigenvalue weighted by molar-refractivity contribution is 5.81. The summed E-state index contributed by atoms with van der Waals surface area (Å²) in [5.74, 6) is 1.80. The van der Waals surface area contributed by atoms with Gasteiger partial charge in [0.1, 0.15) is 12.1 Å². The van der Waals surface area contributed by atoms with Crippen LogP contribution in [0.3, 0.4) is 0 Å². The molecule has 0 radical (unpaired) electrons. The summed E-state index contributed by atoms with van der Waals surface area (Å²) in [6.45, 7) is 7.82. The highest BCUT2D eigenvalue weighted by atomic mass is 16.5. The zero-order valence-electron chi connectivity index (χ0n) is 14.3. The van der Waals surface area contributed by atoms with Crippen LogP contribution in [0.15, 0.2) is 30.6 Å². The third-order valence-electron chi connectivity index (χ3n) is 4.29. The van der Waals surface area contributed by atoms with Crippen molar-refractivity contribution in [1.29, 1.82) is 0 Å². The fraction of sp³-hybridized carbons (Fsp3) is 0.529. The predicted octanol–water partition coefficient (Wildman–Crippen LogP) is 1.93. The number of piperidine rings is 1. The summed E-state index contributed by atoms with van der Waals surface area (Å²) in [7, 11) is 0. The Bertz CT molecular complexity index is 661. The number of benzene rings is 1. The van der Waals surface area contributed by atoms with Crippen LogP contribution >= 0.6 is 0 Å². The second kappa shape index (κ2) is 6.98. The zero-order valence-corrected chi connectivity index (χ0v) is 14.3. The van der Waals surface area contributed by atoms with Gasteiger partial charge in [0.15, 0.2) is 6.10 Å². The number of tetrazole rings is 1. The molecule has 0 bridgehead atoms. The lowest BCUT2D eigenvalue weighted by atomic mass is 9.91.